The van der Waals surface area contributed by atoms with E-state index in [4.69, 9.17) is 9.47 Å². The summed E-state index contributed by atoms with van der Waals surface area (Å²) in [7, 11) is 1.32. The van der Waals surface area contributed by atoms with Crippen molar-refractivity contribution in [2.24, 2.45) is 5.92 Å². The molecule has 1 aliphatic heterocycles. The van der Waals surface area contributed by atoms with E-state index >= 15 is 0 Å². The maximum absolute atomic E-state index is 12.4. The average molecular weight is 375 g/mol. The Hall–Kier alpha value is -1.44. The van der Waals surface area contributed by atoms with Gasteiger partial charge >= 0.3 is 12.1 Å². The molecule has 0 bridgehead atoms. The second-order valence-corrected chi connectivity index (χ2v) is 8.09. The lowest BCUT2D eigenvalue weighted by atomic mass is 9.95. The molecule has 144 valence electrons. The minimum Gasteiger partial charge on any atom is -0.467 e. The van der Waals surface area contributed by atoms with Crippen LogP contribution in [0, 0.1) is 5.92 Å². The average Bonchev–Trinajstić information content (AvgIpc) is 2.56. The summed E-state index contributed by atoms with van der Waals surface area (Å²) in [6, 6.07) is -0.617. The van der Waals surface area contributed by atoms with Crippen molar-refractivity contribution in [3.8, 4) is 0 Å². The molecule has 0 radical (unpaired) electrons. The number of nitrogens with one attached hydrogen (secondary N) is 1. The Balaban J connectivity index is 2.51. The number of rotatable bonds is 6. The summed E-state index contributed by atoms with van der Waals surface area (Å²) in [5.74, 6) is -0.0222. The van der Waals surface area contributed by atoms with Crippen LogP contribution in [0.25, 0.3) is 0 Å². The molecule has 0 unspecified atom stereocenters. The predicted octanol–water partition coefficient (Wildman–Crippen LogP) is 2.04. The highest BCUT2D eigenvalue weighted by molar-refractivity contribution is 7.98. The van der Waals surface area contributed by atoms with Crippen LogP contribution in [0.3, 0.4) is 0 Å². The molecule has 1 fully saturated rings. The summed E-state index contributed by atoms with van der Waals surface area (Å²) in [5, 5.41) is 2.79. The molecule has 1 aliphatic rings. The van der Waals surface area contributed by atoms with E-state index in [9.17, 15) is 14.4 Å². The molecule has 0 saturated carbocycles. The number of ether oxygens (including phenoxy) is 2. The third-order valence-corrected chi connectivity index (χ3v) is 4.57. The fourth-order valence-corrected chi connectivity index (χ4v) is 3.04. The molecule has 1 rings (SSSR count). The lowest BCUT2D eigenvalue weighted by Gasteiger charge is -2.33. The Morgan fingerprint density at radius 2 is 1.84 bits per heavy atom. The molecule has 0 aromatic heterocycles. The third kappa shape index (κ3) is 7.54. The van der Waals surface area contributed by atoms with Gasteiger partial charge in [0, 0.05) is 19.0 Å². The highest BCUT2D eigenvalue weighted by Gasteiger charge is 2.31. The first-order valence-corrected chi connectivity index (χ1v) is 9.92. The van der Waals surface area contributed by atoms with Crippen molar-refractivity contribution < 1.29 is 23.9 Å². The molecule has 0 aromatic rings. The van der Waals surface area contributed by atoms with Gasteiger partial charge in [0.25, 0.3) is 0 Å². The topological polar surface area (TPSA) is 84.9 Å². The zero-order valence-electron chi connectivity index (χ0n) is 15.8. The molecule has 1 N–H and O–H groups in total. The number of amides is 2. The summed E-state index contributed by atoms with van der Waals surface area (Å²) < 4.78 is 10.1. The molecule has 1 heterocycles. The van der Waals surface area contributed by atoms with Gasteiger partial charge in [0.15, 0.2) is 0 Å². The Bertz CT molecular complexity index is 470. The van der Waals surface area contributed by atoms with E-state index < -0.39 is 17.6 Å². The van der Waals surface area contributed by atoms with Gasteiger partial charge in [-0.2, -0.15) is 11.8 Å². The molecular weight excluding hydrogens is 344 g/mol. The highest BCUT2D eigenvalue weighted by Crippen LogP contribution is 2.20. The van der Waals surface area contributed by atoms with Crippen LogP contribution in [-0.2, 0) is 19.1 Å². The van der Waals surface area contributed by atoms with Crippen molar-refractivity contribution in [3.63, 3.8) is 0 Å². The lowest BCUT2D eigenvalue weighted by Crippen LogP contribution is -2.48. The number of methoxy groups -OCH3 is 1. The third-order valence-electron chi connectivity index (χ3n) is 3.93. The van der Waals surface area contributed by atoms with E-state index in [1.54, 1.807) is 16.7 Å². The molecule has 0 aliphatic carbocycles. The molecule has 1 atom stereocenters. The molecule has 7 nitrogen and oxygen atoms in total. The number of likely N-dealkylation sites (tertiary alicyclic amines) is 1. The van der Waals surface area contributed by atoms with Crippen LogP contribution in [0.5, 0.6) is 0 Å². The van der Waals surface area contributed by atoms with Gasteiger partial charge in [-0.3, -0.25) is 4.79 Å². The Labute approximate surface area is 154 Å². The fourth-order valence-electron chi connectivity index (χ4n) is 2.57. The van der Waals surface area contributed by atoms with Crippen LogP contribution in [0.2, 0.25) is 0 Å². The van der Waals surface area contributed by atoms with Crippen LogP contribution in [0.1, 0.15) is 40.0 Å². The first kappa shape index (κ1) is 21.6. The van der Waals surface area contributed by atoms with Gasteiger partial charge < -0.3 is 19.7 Å². The number of hydrogen-bond donors (Lipinski definition) is 1. The number of esters is 1. The normalized spacial score (nSPS) is 16.9. The number of nitrogens with zero attached hydrogens (tertiary/aromatic N) is 1. The highest BCUT2D eigenvalue weighted by atomic mass is 32.2. The Kier molecular flexibility index (Phi) is 8.55. The van der Waals surface area contributed by atoms with Gasteiger partial charge in [-0.1, -0.05) is 0 Å². The van der Waals surface area contributed by atoms with Gasteiger partial charge in [-0.05, 0) is 52.0 Å². The molecule has 1 saturated heterocycles. The minimum absolute atomic E-state index is 0.152. The zero-order valence-corrected chi connectivity index (χ0v) is 16.6. The van der Waals surface area contributed by atoms with Gasteiger partial charge in [-0.25, -0.2) is 9.59 Å². The Morgan fingerprint density at radius 3 is 2.32 bits per heavy atom. The summed E-state index contributed by atoms with van der Waals surface area (Å²) in [6.45, 7) is 6.42. The largest absolute Gasteiger partial charge is 0.467 e. The van der Waals surface area contributed by atoms with Gasteiger partial charge in [-0.15, -0.1) is 0 Å². The van der Waals surface area contributed by atoms with Crippen LogP contribution in [0.4, 0.5) is 4.79 Å². The number of carbonyl (C=O) groups is 3. The van der Waals surface area contributed by atoms with Crippen molar-refractivity contribution in [2.75, 3.05) is 32.2 Å². The van der Waals surface area contributed by atoms with Crippen molar-refractivity contribution in [3.05, 3.63) is 0 Å². The summed E-state index contributed by atoms with van der Waals surface area (Å²) in [4.78, 5) is 37.9. The van der Waals surface area contributed by atoms with Crippen LogP contribution in [-0.4, -0.2) is 66.7 Å². The van der Waals surface area contributed by atoms with E-state index in [1.165, 1.54) is 7.11 Å². The van der Waals surface area contributed by atoms with Crippen LogP contribution >= 0.6 is 11.8 Å². The van der Waals surface area contributed by atoms with Crippen molar-refractivity contribution in [1.29, 1.82) is 0 Å². The van der Waals surface area contributed by atoms with E-state index in [1.807, 2.05) is 27.0 Å². The molecular formula is C17H30N2O5S. The number of piperidine rings is 1. The summed E-state index contributed by atoms with van der Waals surface area (Å²) in [6.07, 6.45) is 3.25. The first-order chi connectivity index (χ1) is 11.7. The van der Waals surface area contributed by atoms with Gasteiger partial charge in [0.1, 0.15) is 11.6 Å². The molecule has 0 aromatic carbocycles. The Morgan fingerprint density at radius 1 is 1.24 bits per heavy atom. The summed E-state index contributed by atoms with van der Waals surface area (Å²) >= 11 is 1.61. The van der Waals surface area contributed by atoms with Crippen molar-refractivity contribution in [2.45, 2.75) is 51.7 Å². The smallest absolute Gasteiger partial charge is 0.410 e. The lowest BCUT2D eigenvalue weighted by molar-refractivity contribution is -0.145. The molecule has 8 heteroatoms. The van der Waals surface area contributed by atoms with Gasteiger partial charge in [0.05, 0.1) is 7.11 Å². The SMILES string of the molecule is COC(=O)[C@@H](CCSC)NC(=O)C1CCN(C(=O)OC(C)(C)C)CC1. The van der Waals surface area contributed by atoms with Crippen molar-refractivity contribution >= 4 is 29.7 Å². The minimum atomic E-state index is -0.617. The van der Waals surface area contributed by atoms with Crippen LogP contribution in [0.15, 0.2) is 0 Å². The quantitative estimate of drug-likeness (QED) is 0.716. The van der Waals surface area contributed by atoms with E-state index in [0.717, 1.165) is 5.75 Å². The standard InChI is InChI=1S/C17H30N2O5S/c1-17(2,3)24-16(22)19-9-6-12(7-10-19)14(20)18-13(8-11-25-5)15(21)23-4/h12-13H,6-11H2,1-5H3,(H,18,20)/t13-/m1/s1. The monoisotopic (exact) mass is 374 g/mol. The van der Waals surface area contributed by atoms with E-state index in [0.29, 0.717) is 32.4 Å². The van der Waals surface area contributed by atoms with Crippen LogP contribution < -0.4 is 5.32 Å². The maximum atomic E-state index is 12.4. The maximum Gasteiger partial charge on any atom is 0.410 e. The van der Waals surface area contributed by atoms with E-state index in [2.05, 4.69) is 5.32 Å². The number of carbonyl (C=O) groups excluding carboxylic acids is 3. The van der Waals surface area contributed by atoms with Crippen molar-refractivity contribution in [1.82, 2.24) is 10.2 Å². The predicted molar refractivity (Wildman–Crippen MR) is 97.5 cm³/mol. The molecule has 2 amide bonds. The number of hydrogen-bond acceptors (Lipinski definition) is 6. The zero-order chi connectivity index (χ0) is 19.0. The number of thioether (sulfide) groups is 1. The fraction of sp³-hybridized carbons (Fsp3) is 0.824. The van der Waals surface area contributed by atoms with E-state index in [-0.39, 0.29) is 17.9 Å². The van der Waals surface area contributed by atoms with Gasteiger partial charge in [0.2, 0.25) is 5.91 Å². The second-order valence-electron chi connectivity index (χ2n) is 7.11. The second kappa shape index (κ2) is 9.89. The molecule has 0 spiro atoms. The summed E-state index contributed by atoms with van der Waals surface area (Å²) in [5.41, 5.74) is -0.531. The first-order valence-electron chi connectivity index (χ1n) is 8.53. The molecule has 25 heavy (non-hydrogen) atoms.